The third-order valence-corrected chi connectivity index (χ3v) is 5.89. The average molecular weight is 499 g/mol. The fourth-order valence-corrected chi connectivity index (χ4v) is 4.13. The minimum atomic E-state index is -4.55. The number of halogens is 3. The molecule has 2 amide bonds. The second kappa shape index (κ2) is 8.36. The first-order valence-corrected chi connectivity index (χ1v) is 10.9. The molecular weight excluding hydrogens is 479 g/mol. The molecule has 186 valence electrons. The van der Waals surface area contributed by atoms with Crippen LogP contribution in [0.4, 0.5) is 23.8 Å². The van der Waals surface area contributed by atoms with Crippen LogP contribution in [-0.2, 0) is 24.5 Å². The number of alkyl halides is 3. The number of pyridine rings is 2. The molecule has 0 aliphatic carbocycles. The summed E-state index contributed by atoms with van der Waals surface area (Å²) in [5, 5.41) is 7.71. The molecule has 1 atom stereocenters. The lowest BCUT2D eigenvalue weighted by Gasteiger charge is -2.29. The van der Waals surface area contributed by atoms with Gasteiger partial charge in [0.2, 0.25) is 0 Å². The number of fused-ring (bicyclic) bond motifs is 3. The van der Waals surface area contributed by atoms with Gasteiger partial charge in [-0.05, 0) is 37.3 Å². The fourth-order valence-electron chi connectivity index (χ4n) is 4.13. The predicted molar refractivity (Wildman–Crippen MR) is 122 cm³/mol. The third-order valence-electron chi connectivity index (χ3n) is 5.89. The maximum absolute atomic E-state index is 13.7. The van der Waals surface area contributed by atoms with Gasteiger partial charge in [0.1, 0.15) is 11.9 Å². The molecule has 13 heteroatoms. The predicted octanol–water partition coefficient (Wildman–Crippen LogP) is 3.52. The number of nitrogens with zero attached hydrogens (tertiary/aromatic N) is 6. The molecule has 0 spiro atoms. The highest BCUT2D eigenvalue weighted by Gasteiger charge is 2.37. The van der Waals surface area contributed by atoms with Gasteiger partial charge in [-0.2, -0.15) is 18.3 Å². The van der Waals surface area contributed by atoms with E-state index in [2.05, 4.69) is 15.1 Å². The van der Waals surface area contributed by atoms with E-state index in [0.29, 0.717) is 33.8 Å². The van der Waals surface area contributed by atoms with Gasteiger partial charge in [-0.15, -0.1) is 0 Å². The monoisotopic (exact) mass is 499 g/mol. The van der Waals surface area contributed by atoms with Crippen molar-refractivity contribution in [2.24, 2.45) is 7.05 Å². The SMILES string of the molecule is CC1CN(N(Cc2ccc(C(F)(F)F)cn2)C(=O)c2ccc3nc(N)c4cnn(C)c4c3c2)C(=O)O1. The van der Waals surface area contributed by atoms with Crippen LogP contribution < -0.4 is 5.73 Å². The molecule has 0 radical (unpaired) electrons. The summed E-state index contributed by atoms with van der Waals surface area (Å²) in [5.74, 6) is -0.273. The Morgan fingerprint density at radius 1 is 1.22 bits per heavy atom. The zero-order chi connectivity index (χ0) is 25.8. The van der Waals surface area contributed by atoms with Gasteiger partial charge in [0.05, 0.1) is 47.0 Å². The zero-order valence-corrected chi connectivity index (χ0v) is 19.2. The lowest BCUT2D eigenvalue weighted by Crippen LogP contribution is -2.47. The van der Waals surface area contributed by atoms with Crippen LogP contribution in [0.1, 0.15) is 28.5 Å². The van der Waals surface area contributed by atoms with Crippen molar-refractivity contribution in [3.63, 3.8) is 0 Å². The van der Waals surface area contributed by atoms with E-state index in [1.807, 2.05) is 0 Å². The third kappa shape index (κ3) is 4.01. The van der Waals surface area contributed by atoms with E-state index in [-0.39, 0.29) is 24.3 Å². The highest BCUT2D eigenvalue weighted by atomic mass is 19.4. The van der Waals surface area contributed by atoms with E-state index in [0.717, 1.165) is 16.1 Å². The molecule has 1 saturated heterocycles. The van der Waals surface area contributed by atoms with Crippen molar-refractivity contribution in [3.05, 3.63) is 59.5 Å². The summed E-state index contributed by atoms with van der Waals surface area (Å²) in [6.45, 7) is 1.50. The van der Waals surface area contributed by atoms with E-state index in [1.165, 1.54) is 12.1 Å². The number of ether oxygens (including phenoxy) is 1. The normalized spacial score (nSPS) is 16.1. The van der Waals surface area contributed by atoms with Crippen LogP contribution in [0.15, 0.2) is 42.7 Å². The van der Waals surface area contributed by atoms with Crippen molar-refractivity contribution in [3.8, 4) is 0 Å². The van der Waals surface area contributed by atoms with Crippen molar-refractivity contribution in [2.75, 3.05) is 12.3 Å². The van der Waals surface area contributed by atoms with Gasteiger partial charge in [0.15, 0.2) is 0 Å². The quantitative estimate of drug-likeness (QED) is 0.456. The minimum absolute atomic E-state index is 0.0862. The van der Waals surface area contributed by atoms with Crippen molar-refractivity contribution in [1.82, 2.24) is 29.8 Å². The fraction of sp³-hybridized carbons (Fsp3) is 0.261. The average Bonchev–Trinajstić information content (AvgIpc) is 3.38. The number of aryl methyl sites for hydroxylation is 1. The Balaban J connectivity index is 1.55. The maximum Gasteiger partial charge on any atom is 0.429 e. The summed E-state index contributed by atoms with van der Waals surface area (Å²) in [5.41, 5.74) is 6.73. The molecule has 2 N–H and O–H groups in total. The lowest BCUT2D eigenvalue weighted by molar-refractivity contribution is -0.137. The zero-order valence-electron chi connectivity index (χ0n) is 19.2. The van der Waals surface area contributed by atoms with E-state index >= 15 is 0 Å². The first-order chi connectivity index (χ1) is 17.0. The molecule has 1 aromatic carbocycles. The summed E-state index contributed by atoms with van der Waals surface area (Å²) in [7, 11) is 1.74. The first-order valence-electron chi connectivity index (χ1n) is 10.9. The molecule has 10 nitrogen and oxygen atoms in total. The number of carbonyl (C=O) groups excluding carboxylic acids is 2. The Labute approximate surface area is 202 Å². The Morgan fingerprint density at radius 2 is 2.00 bits per heavy atom. The molecule has 1 aliphatic heterocycles. The summed E-state index contributed by atoms with van der Waals surface area (Å²) < 4.78 is 45.6. The van der Waals surface area contributed by atoms with Crippen LogP contribution in [0.25, 0.3) is 21.8 Å². The lowest BCUT2D eigenvalue weighted by atomic mass is 10.1. The van der Waals surface area contributed by atoms with Crippen LogP contribution in [0.5, 0.6) is 0 Å². The van der Waals surface area contributed by atoms with Crippen LogP contribution in [-0.4, -0.2) is 54.4 Å². The molecule has 0 bridgehead atoms. The van der Waals surface area contributed by atoms with Gasteiger partial charge in [0, 0.05) is 24.2 Å². The number of carbonyl (C=O) groups is 2. The Morgan fingerprint density at radius 3 is 2.64 bits per heavy atom. The van der Waals surface area contributed by atoms with E-state index < -0.39 is 29.8 Å². The van der Waals surface area contributed by atoms with Crippen LogP contribution in [0, 0.1) is 0 Å². The van der Waals surface area contributed by atoms with Gasteiger partial charge in [-0.1, -0.05) is 0 Å². The van der Waals surface area contributed by atoms with E-state index in [1.54, 1.807) is 37.0 Å². The van der Waals surface area contributed by atoms with Gasteiger partial charge in [0.25, 0.3) is 5.91 Å². The summed E-state index contributed by atoms with van der Waals surface area (Å²) in [6, 6.07) is 6.83. The number of anilines is 1. The molecule has 4 heterocycles. The van der Waals surface area contributed by atoms with Crippen molar-refractivity contribution in [2.45, 2.75) is 25.7 Å². The number of rotatable bonds is 4. The van der Waals surface area contributed by atoms with Gasteiger partial charge in [-0.25, -0.2) is 19.8 Å². The molecule has 1 unspecified atom stereocenters. The van der Waals surface area contributed by atoms with Crippen molar-refractivity contribution in [1.29, 1.82) is 0 Å². The minimum Gasteiger partial charge on any atom is -0.443 e. The molecule has 5 rings (SSSR count). The number of hydrazine groups is 1. The maximum atomic E-state index is 13.7. The Bertz CT molecular complexity index is 1500. The number of amides is 2. The van der Waals surface area contributed by atoms with Gasteiger partial charge >= 0.3 is 12.3 Å². The molecule has 4 aromatic rings. The molecular formula is C23H20F3N7O3. The molecule has 36 heavy (non-hydrogen) atoms. The number of nitrogen functional groups attached to an aromatic ring is 1. The van der Waals surface area contributed by atoms with Crippen molar-refractivity contribution >= 4 is 39.6 Å². The number of cyclic esters (lactones) is 1. The number of hydrogen-bond donors (Lipinski definition) is 1. The standard InChI is InChI=1S/C23H20F3N7O3/c1-12-10-33(22(35)36-12)32(11-15-5-4-14(8-28-15)23(24,25)26)21(34)13-3-6-18-16(7-13)19-17(20(27)30-18)9-29-31(19)2/h3-9,12H,10-11H2,1-2H3,(H2,27,30). The summed E-state index contributed by atoms with van der Waals surface area (Å²) >= 11 is 0. The van der Waals surface area contributed by atoms with Crippen molar-refractivity contribution < 1.29 is 27.5 Å². The topological polar surface area (TPSA) is 119 Å². The summed E-state index contributed by atoms with van der Waals surface area (Å²) in [4.78, 5) is 34.4. The molecule has 3 aromatic heterocycles. The smallest absolute Gasteiger partial charge is 0.429 e. The second-order valence-electron chi connectivity index (χ2n) is 8.43. The number of hydrogen-bond acceptors (Lipinski definition) is 7. The Hall–Kier alpha value is -4.42. The number of benzene rings is 1. The molecule has 1 fully saturated rings. The Kier molecular flexibility index (Phi) is 5.42. The van der Waals surface area contributed by atoms with E-state index in [4.69, 9.17) is 10.5 Å². The van der Waals surface area contributed by atoms with Crippen LogP contribution >= 0.6 is 0 Å². The second-order valence-corrected chi connectivity index (χ2v) is 8.43. The molecule has 1 aliphatic rings. The van der Waals surface area contributed by atoms with Crippen LogP contribution in [0.2, 0.25) is 0 Å². The highest BCUT2D eigenvalue weighted by molar-refractivity contribution is 6.10. The van der Waals surface area contributed by atoms with Gasteiger partial charge in [-0.3, -0.25) is 14.5 Å². The largest absolute Gasteiger partial charge is 0.443 e. The number of aromatic nitrogens is 4. The molecule has 0 saturated carbocycles. The highest BCUT2D eigenvalue weighted by Crippen LogP contribution is 2.30. The van der Waals surface area contributed by atoms with Crippen LogP contribution in [0.3, 0.4) is 0 Å². The van der Waals surface area contributed by atoms with Gasteiger partial charge < -0.3 is 10.5 Å². The van der Waals surface area contributed by atoms with E-state index in [9.17, 15) is 22.8 Å². The summed E-state index contributed by atoms with van der Waals surface area (Å²) in [6.07, 6.45) is -3.50. The first kappa shape index (κ1) is 23.3. The number of nitrogens with two attached hydrogens (primary N) is 1.